The smallest absolute Gasteiger partial charge is 0.223 e. The Kier molecular flexibility index (Phi) is 4.73. The zero-order chi connectivity index (χ0) is 15.4. The molecule has 3 rings (SSSR count). The number of carbonyl (C=O) groups is 1. The van der Waals surface area contributed by atoms with Crippen LogP contribution < -0.4 is 0 Å². The van der Waals surface area contributed by atoms with Crippen molar-refractivity contribution >= 4 is 17.5 Å². The van der Waals surface area contributed by atoms with Crippen molar-refractivity contribution in [2.45, 2.75) is 38.1 Å². The Morgan fingerprint density at radius 1 is 1.41 bits per heavy atom. The first kappa shape index (κ1) is 15.0. The van der Waals surface area contributed by atoms with E-state index >= 15 is 0 Å². The molecule has 1 unspecified atom stereocenters. The van der Waals surface area contributed by atoms with Gasteiger partial charge in [0.05, 0.1) is 11.7 Å². The quantitative estimate of drug-likeness (QED) is 0.866. The van der Waals surface area contributed by atoms with Crippen LogP contribution in [0.15, 0.2) is 35.0 Å². The molecule has 0 aliphatic carbocycles. The zero-order valence-corrected chi connectivity index (χ0v) is 13.0. The second-order valence-electron chi connectivity index (χ2n) is 5.47. The predicted molar refractivity (Wildman–Crippen MR) is 82.4 cm³/mol. The number of amides is 1. The summed E-state index contributed by atoms with van der Waals surface area (Å²) in [5.41, 5.74) is 0.971. The van der Waals surface area contributed by atoms with Crippen molar-refractivity contribution in [2.75, 3.05) is 6.54 Å². The van der Waals surface area contributed by atoms with Crippen molar-refractivity contribution in [3.63, 3.8) is 0 Å². The number of halogens is 1. The number of aromatic nitrogens is 2. The van der Waals surface area contributed by atoms with E-state index in [-0.39, 0.29) is 11.9 Å². The molecule has 1 atom stereocenters. The predicted octanol–water partition coefficient (Wildman–Crippen LogP) is 3.41. The first-order valence-electron chi connectivity index (χ1n) is 7.55. The lowest BCUT2D eigenvalue weighted by atomic mass is 9.98. The van der Waals surface area contributed by atoms with Crippen LogP contribution in [-0.4, -0.2) is 27.5 Å². The molecule has 3 heterocycles. The molecule has 1 aliphatic rings. The first-order chi connectivity index (χ1) is 10.7. The highest BCUT2D eigenvalue weighted by molar-refractivity contribution is 6.29. The summed E-state index contributed by atoms with van der Waals surface area (Å²) in [5, 5.41) is 3.95. The fraction of sp³-hybridized carbons (Fsp3) is 0.438. The lowest BCUT2D eigenvalue weighted by Gasteiger charge is -2.35. The molecule has 2 aromatic heterocycles. The Morgan fingerprint density at radius 2 is 2.32 bits per heavy atom. The molecule has 0 bridgehead atoms. The van der Waals surface area contributed by atoms with Gasteiger partial charge in [0.2, 0.25) is 5.91 Å². The highest BCUT2D eigenvalue weighted by atomic mass is 35.5. The molecule has 22 heavy (non-hydrogen) atoms. The normalized spacial score (nSPS) is 18.4. The van der Waals surface area contributed by atoms with Gasteiger partial charge < -0.3 is 9.42 Å². The van der Waals surface area contributed by atoms with E-state index in [1.807, 2.05) is 23.1 Å². The molecule has 116 valence electrons. The van der Waals surface area contributed by atoms with E-state index in [4.69, 9.17) is 16.1 Å². The highest BCUT2D eigenvalue weighted by Crippen LogP contribution is 2.30. The largest absolute Gasteiger partial charge is 0.360 e. The molecule has 6 heteroatoms. The molecular weight excluding hydrogens is 302 g/mol. The fourth-order valence-electron chi connectivity index (χ4n) is 2.89. The van der Waals surface area contributed by atoms with Crippen molar-refractivity contribution < 1.29 is 9.32 Å². The summed E-state index contributed by atoms with van der Waals surface area (Å²) in [6, 6.07) is 7.59. The van der Waals surface area contributed by atoms with E-state index in [1.165, 1.54) is 0 Å². The molecule has 1 fully saturated rings. The number of piperidine rings is 1. The van der Waals surface area contributed by atoms with E-state index in [9.17, 15) is 4.79 Å². The van der Waals surface area contributed by atoms with E-state index in [0.29, 0.717) is 23.8 Å². The van der Waals surface area contributed by atoms with Crippen LogP contribution in [0.25, 0.3) is 0 Å². The number of carbonyl (C=O) groups excluding carboxylic acids is 1. The molecule has 1 saturated heterocycles. The van der Waals surface area contributed by atoms with E-state index in [0.717, 1.165) is 31.5 Å². The molecule has 0 aromatic carbocycles. The van der Waals surface area contributed by atoms with Crippen LogP contribution >= 0.6 is 11.6 Å². The van der Waals surface area contributed by atoms with Crippen LogP contribution in [-0.2, 0) is 11.2 Å². The maximum absolute atomic E-state index is 12.6. The third-order valence-corrected chi connectivity index (χ3v) is 4.15. The monoisotopic (exact) mass is 319 g/mol. The van der Waals surface area contributed by atoms with Crippen LogP contribution in [0, 0.1) is 0 Å². The van der Waals surface area contributed by atoms with Crippen molar-refractivity contribution in [1.82, 2.24) is 15.0 Å². The molecule has 0 spiro atoms. The van der Waals surface area contributed by atoms with Gasteiger partial charge in [0.1, 0.15) is 5.76 Å². The van der Waals surface area contributed by atoms with Gasteiger partial charge in [-0.1, -0.05) is 22.8 Å². The van der Waals surface area contributed by atoms with Crippen molar-refractivity contribution in [2.24, 2.45) is 0 Å². The Morgan fingerprint density at radius 3 is 3.05 bits per heavy atom. The Balaban J connectivity index is 1.66. The topological polar surface area (TPSA) is 59.2 Å². The SMILES string of the molecule is O=C(CCc1cc(Cl)no1)N1CCCCC1c1ccccn1. The van der Waals surface area contributed by atoms with Crippen LogP contribution in [0.2, 0.25) is 5.15 Å². The minimum absolute atomic E-state index is 0.0840. The minimum atomic E-state index is 0.0840. The van der Waals surface area contributed by atoms with Crippen molar-refractivity contribution in [1.29, 1.82) is 0 Å². The zero-order valence-electron chi connectivity index (χ0n) is 12.2. The number of aryl methyl sites for hydroxylation is 1. The van der Waals surface area contributed by atoms with E-state index < -0.39 is 0 Å². The average molecular weight is 320 g/mol. The van der Waals surface area contributed by atoms with E-state index in [2.05, 4.69) is 10.1 Å². The van der Waals surface area contributed by atoms with Crippen LogP contribution in [0.4, 0.5) is 0 Å². The molecule has 1 amide bonds. The standard InChI is InChI=1S/C16H18ClN3O2/c17-15-11-12(22-19-15)7-8-16(21)20-10-4-2-6-14(20)13-5-1-3-9-18-13/h1,3,5,9,11,14H,2,4,6-8,10H2. The molecule has 0 saturated carbocycles. The summed E-state index contributed by atoms with van der Waals surface area (Å²) in [4.78, 5) is 18.9. The average Bonchev–Trinajstić information content (AvgIpc) is 2.99. The maximum Gasteiger partial charge on any atom is 0.223 e. The summed E-state index contributed by atoms with van der Waals surface area (Å²) in [5.74, 6) is 0.771. The molecule has 1 aliphatic heterocycles. The Labute approximate surface area is 134 Å². The summed E-state index contributed by atoms with van der Waals surface area (Å²) >= 11 is 5.72. The third-order valence-electron chi connectivity index (χ3n) is 3.97. The fourth-order valence-corrected chi connectivity index (χ4v) is 3.05. The number of nitrogens with zero attached hydrogens (tertiary/aromatic N) is 3. The van der Waals surface area contributed by atoms with Gasteiger partial charge in [-0.15, -0.1) is 0 Å². The van der Waals surface area contributed by atoms with Gasteiger partial charge >= 0.3 is 0 Å². The molecule has 0 N–H and O–H groups in total. The van der Waals surface area contributed by atoms with Gasteiger partial charge in [0.15, 0.2) is 5.15 Å². The maximum atomic E-state index is 12.6. The lowest BCUT2D eigenvalue weighted by Crippen LogP contribution is -2.38. The second-order valence-corrected chi connectivity index (χ2v) is 5.86. The molecular formula is C16H18ClN3O2. The van der Waals surface area contributed by atoms with Gasteiger partial charge in [-0.05, 0) is 31.4 Å². The van der Waals surface area contributed by atoms with Crippen LogP contribution in [0.1, 0.15) is 43.2 Å². The van der Waals surface area contributed by atoms with Gasteiger partial charge in [0.25, 0.3) is 0 Å². The summed E-state index contributed by atoms with van der Waals surface area (Å²) < 4.78 is 5.05. The van der Waals surface area contributed by atoms with Gasteiger partial charge in [-0.25, -0.2) is 0 Å². The summed E-state index contributed by atoms with van der Waals surface area (Å²) in [7, 11) is 0. The minimum Gasteiger partial charge on any atom is -0.360 e. The number of hydrogen-bond donors (Lipinski definition) is 0. The van der Waals surface area contributed by atoms with Crippen LogP contribution in [0.5, 0.6) is 0 Å². The number of hydrogen-bond acceptors (Lipinski definition) is 4. The Bertz CT molecular complexity index is 629. The van der Waals surface area contributed by atoms with Crippen molar-refractivity contribution in [3.05, 3.63) is 47.1 Å². The number of pyridine rings is 1. The van der Waals surface area contributed by atoms with Gasteiger partial charge in [-0.2, -0.15) is 0 Å². The van der Waals surface area contributed by atoms with Crippen LogP contribution in [0.3, 0.4) is 0 Å². The molecule has 2 aromatic rings. The summed E-state index contributed by atoms with van der Waals surface area (Å²) in [6.45, 7) is 0.789. The van der Waals surface area contributed by atoms with Gasteiger partial charge in [-0.3, -0.25) is 9.78 Å². The second kappa shape index (κ2) is 6.92. The third kappa shape index (κ3) is 3.47. The highest BCUT2D eigenvalue weighted by Gasteiger charge is 2.28. The van der Waals surface area contributed by atoms with Gasteiger partial charge in [0, 0.05) is 31.6 Å². The number of likely N-dealkylation sites (tertiary alicyclic amines) is 1. The molecule has 0 radical (unpaired) electrons. The van der Waals surface area contributed by atoms with Crippen molar-refractivity contribution in [3.8, 4) is 0 Å². The Hall–Kier alpha value is -1.88. The lowest BCUT2D eigenvalue weighted by molar-refractivity contribution is -0.135. The molecule has 5 nitrogen and oxygen atoms in total. The summed E-state index contributed by atoms with van der Waals surface area (Å²) in [6.07, 6.45) is 5.84. The van der Waals surface area contributed by atoms with E-state index in [1.54, 1.807) is 12.3 Å². The first-order valence-corrected chi connectivity index (χ1v) is 7.93. The number of rotatable bonds is 4.